The van der Waals surface area contributed by atoms with Crippen molar-refractivity contribution in [2.45, 2.75) is 0 Å². The van der Waals surface area contributed by atoms with Crippen LogP contribution in [0.4, 0.5) is 0 Å². The molecule has 0 saturated carbocycles. The SMILES string of the molecule is c1ccc(-c2cccc(-c3ccc(-c4nc(-c5ccccc5)nc(-c5ccc6c(c5)oc5ccccc56)n4)cc3-c3ccc4ccccc4c3)c2)cc1. The van der Waals surface area contributed by atoms with E-state index in [1.807, 2.05) is 54.6 Å². The van der Waals surface area contributed by atoms with E-state index < -0.39 is 0 Å². The average molecular weight is 678 g/mol. The van der Waals surface area contributed by atoms with Gasteiger partial charge in [0.15, 0.2) is 17.5 Å². The highest BCUT2D eigenvalue weighted by Crippen LogP contribution is 2.39. The van der Waals surface area contributed by atoms with Gasteiger partial charge < -0.3 is 4.42 Å². The zero-order valence-corrected chi connectivity index (χ0v) is 28.6. The van der Waals surface area contributed by atoms with Crippen molar-refractivity contribution in [1.29, 1.82) is 0 Å². The molecule has 0 aliphatic rings. The van der Waals surface area contributed by atoms with Gasteiger partial charge >= 0.3 is 0 Å². The third-order valence-electron chi connectivity index (χ3n) is 9.92. The second-order valence-electron chi connectivity index (χ2n) is 13.3. The average Bonchev–Trinajstić information content (AvgIpc) is 3.62. The molecule has 0 fully saturated rings. The molecule has 0 N–H and O–H groups in total. The third kappa shape index (κ3) is 5.73. The maximum Gasteiger partial charge on any atom is 0.164 e. The summed E-state index contributed by atoms with van der Waals surface area (Å²) in [5.74, 6) is 1.80. The highest BCUT2D eigenvalue weighted by atomic mass is 16.3. The number of rotatable bonds is 6. The first-order chi connectivity index (χ1) is 26.2. The number of fused-ring (bicyclic) bond motifs is 4. The summed E-state index contributed by atoms with van der Waals surface area (Å²) in [6.07, 6.45) is 0. The van der Waals surface area contributed by atoms with Crippen LogP contribution >= 0.6 is 0 Å². The Labute approximate surface area is 306 Å². The first kappa shape index (κ1) is 30.6. The van der Waals surface area contributed by atoms with Crippen molar-refractivity contribution in [3.8, 4) is 67.5 Å². The van der Waals surface area contributed by atoms with Gasteiger partial charge in [-0.3, -0.25) is 0 Å². The molecule has 2 aromatic heterocycles. The van der Waals surface area contributed by atoms with Crippen LogP contribution in [0.5, 0.6) is 0 Å². The largest absolute Gasteiger partial charge is 0.456 e. The number of nitrogens with zero attached hydrogens (tertiary/aromatic N) is 3. The minimum absolute atomic E-state index is 0.586. The first-order valence-electron chi connectivity index (χ1n) is 17.8. The van der Waals surface area contributed by atoms with Crippen molar-refractivity contribution >= 4 is 32.7 Å². The van der Waals surface area contributed by atoms with Crippen LogP contribution in [0.2, 0.25) is 0 Å². The topological polar surface area (TPSA) is 51.8 Å². The van der Waals surface area contributed by atoms with Crippen LogP contribution in [0.15, 0.2) is 192 Å². The summed E-state index contributed by atoms with van der Waals surface area (Å²) in [6, 6.07) is 65.4. The van der Waals surface area contributed by atoms with Gasteiger partial charge in [-0.05, 0) is 80.6 Å². The lowest BCUT2D eigenvalue weighted by molar-refractivity contribution is 0.669. The lowest BCUT2D eigenvalue weighted by Gasteiger charge is -2.15. The summed E-state index contributed by atoms with van der Waals surface area (Å²) in [4.78, 5) is 15.2. The fraction of sp³-hybridized carbons (Fsp3) is 0. The van der Waals surface area contributed by atoms with E-state index in [9.17, 15) is 0 Å². The molecule has 0 amide bonds. The molecule has 4 heteroatoms. The van der Waals surface area contributed by atoms with Crippen LogP contribution in [0.25, 0.3) is 100 Å². The molecule has 0 radical (unpaired) electrons. The van der Waals surface area contributed by atoms with E-state index in [0.29, 0.717) is 17.5 Å². The molecule has 0 aliphatic carbocycles. The van der Waals surface area contributed by atoms with Gasteiger partial charge in [-0.25, -0.2) is 15.0 Å². The van der Waals surface area contributed by atoms with Gasteiger partial charge in [-0.15, -0.1) is 0 Å². The van der Waals surface area contributed by atoms with E-state index in [4.69, 9.17) is 19.4 Å². The molecule has 248 valence electrons. The lowest BCUT2D eigenvalue weighted by Crippen LogP contribution is -2.00. The summed E-state index contributed by atoms with van der Waals surface area (Å²) in [5, 5.41) is 4.55. The predicted octanol–water partition coefficient (Wildman–Crippen LogP) is 12.9. The molecule has 0 saturated heterocycles. The van der Waals surface area contributed by atoms with Crippen LogP contribution in [-0.2, 0) is 0 Å². The normalized spacial score (nSPS) is 11.4. The molecule has 8 aromatic carbocycles. The van der Waals surface area contributed by atoms with Crippen molar-refractivity contribution < 1.29 is 4.42 Å². The molecule has 10 aromatic rings. The Morgan fingerprint density at radius 1 is 0.283 bits per heavy atom. The van der Waals surface area contributed by atoms with Crippen LogP contribution < -0.4 is 0 Å². The maximum atomic E-state index is 6.26. The number of furan rings is 1. The van der Waals surface area contributed by atoms with Crippen molar-refractivity contribution in [3.05, 3.63) is 188 Å². The van der Waals surface area contributed by atoms with Gasteiger partial charge in [0.25, 0.3) is 0 Å². The lowest BCUT2D eigenvalue weighted by atomic mass is 9.90. The summed E-state index contributed by atoms with van der Waals surface area (Å²) in [5.41, 5.74) is 11.2. The van der Waals surface area contributed by atoms with Crippen LogP contribution in [-0.4, -0.2) is 15.0 Å². The monoisotopic (exact) mass is 677 g/mol. The second-order valence-corrected chi connectivity index (χ2v) is 13.3. The Morgan fingerprint density at radius 2 is 0.849 bits per heavy atom. The second kappa shape index (κ2) is 12.9. The van der Waals surface area contributed by atoms with Gasteiger partial charge in [0.05, 0.1) is 0 Å². The highest BCUT2D eigenvalue weighted by Gasteiger charge is 2.17. The van der Waals surface area contributed by atoms with Crippen molar-refractivity contribution in [2.75, 3.05) is 0 Å². The number of benzene rings is 8. The molecule has 10 rings (SSSR count). The van der Waals surface area contributed by atoms with Gasteiger partial charge in [0.2, 0.25) is 0 Å². The van der Waals surface area contributed by atoms with E-state index >= 15 is 0 Å². The molecule has 2 heterocycles. The first-order valence-corrected chi connectivity index (χ1v) is 17.8. The van der Waals surface area contributed by atoms with Gasteiger partial charge in [0.1, 0.15) is 11.2 Å². The smallest absolute Gasteiger partial charge is 0.164 e. The summed E-state index contributed by atoms with van der Waals surface area (Å²) >= 11 is 0. The minimum atomic E-state index is 0.586. The predicted molar refractivity (Wildman–Crippen MR) is 217 cm³/mol. The van der Waals surface area contributed by atoms with Crippen LogP contribution in [0.3, 0.4) is 0 Å². The van der Waals surface area contributed by atoms with Crippen molar-refractivity contribution in [3.63, 3.8) is 0 Å². The fourth-order valence-electron chi connectivity index (χ4n) is 7.24. The van der Waals surface area contributed by atoms with E-state index in [-0.39, 0.29) is 0 Å². The van der Waals surface area contributed by atoms with E-state index in [0.717, 1.165) is 60.9 Å². The van der Waals surface area contributed by atoms with E-state index in [2.05, 4.69) is 133 Å². The van der Waals surface area contributed by atoms with Gasteiger partial charge in [-0.1, -0.05) is 152 Å². The Kier molecular flexibility index (Phi) is 7.43. The number of aromatic nitrogens is 3. The molecular weight excluding hydrogens is 647 g/mol. The maximum absolute atomic E-state index is 6.26. The molecule has 0 atom stereocenters. The van der Waals surface area contributed by atoms with Crippen molar-refractivity contribution in [2.24, 2.45) is 0 Å². The van der Waals surface area contributed by atoms with E-state index in [1.165, 1.54) is 21.9 Å². The Hall–Kier alpha value is -7.17. The quantitative estimate of drug-likeness (QED) is 0.176. The van der Waals surface area contributed by atoms with Crippen LogP contribution in [0, 0.1) is 0 Å². The Morgan fingerprint density at radius 3 is 1.66 bits per heavy atom. The molecule has 0 spiro atoms. The van der Waals surface area contributed by atoms with E-state index in [1.54, 1.807) is 0 Å². The zero-order valence-electron chi connectivity index (χ0n) is 28.6. The summed E-state index contributed by atoms with van der Waals surface area (Å²) in [7, 11) is 0. The van der Waals surface area contributed by atoms with Gasteiger partial charge in [-0.2, -0.15) is 0 Å². The standard InChI is InChI=1S/C49H31N3O/c1-3-12-32(13-4-1)36-18-11-19-37(28-36)41-26-24-39(30-44(41)38-23-22-33-14-7-8-17-35(33)29-38)48-50-47(34-15-5-2-6-16-34)51-49(52-48)40-25-27-43-42-20-9-10-21-45(42)53-46(43)31-40/h1-31H. The van der Waals surface area contributed by atoms with Crippen molar-refractivity contribution in [1.82, 2.24) is 15.0 Å². The fourth-order valence-corrected chi connectivity index (χ4v) is 7.24. The summed E-state index contributed by atoms with van der Waals surface area (Å²) < 4.78 is 6.26. The molecular formula is C49H31N3O. The van der Waals surface area contributed by atoms with Gasteiger partial charge in [0, 0.05) is 27.5 Å². The molecule has 4 nitrogen and oxygen atoms in total. The third-order valence-corrected chi connectivity index (χ3v) is 9.92. The highest BCUT2D eigenvalue weighted by molar-refractivity contribution is 6.05. The molecule has 53 heavy (non-hydrogen) atoms. The molecule has 0 unspecified atom stereocenters. The number of hydrogen-bond donors (Lipinski definition) is 0. The minimum Gasteiger partial charge on any atom is -0.456 e. The Bertz CT molecular complexity index is 2950. The molecule has 0 bridgehead atoms. The Balaban J connectivity index is 1.16. The summed E-state index contributed by atoms with van der Waals surface area (Å²) in [6.45, 7) is 0. The number of para-hydroxylation sites is 1. The molecule has 0 aliphatic heterocycles. The number of hydrogen-bond acceptors (Lipinski definition) is 4. The van der Waals surface area contributed by atoms with Crippen LogP contribution in [0.1, 0.15) is 0 Å². The zero-order chi connectivity index (χ0) is 35.1.